The molecule has 180 valence electrons. The van der Waals surface area contributed by atoms with E-state index in [0.717, 1.165) is 49.2 Å². The Balaban J connectivity index is 1.31. The van der Waals surface area contributed by atoms with Gasteiger partial charge in [-0.3, -0.25) is 14.6 Å². The van der Waals surface area contributed by atoms with Gasteiger partial charge < -0.3 is 4.90 Å². The molecule has 1 N–H and O–H groups in total. The molecule has 5 rings (SSSR count). The van der Waals surface area contributed by atoms with Gasteiger partial charge in [0.05, 0.1) is 5.52 Å². The van der Waals surface area contributed by atoms with Crippen LogP contribution in [0.5, 0.6) is 0 Å². The summed E-state index contributed by atoms with van der Waals surface area (Å²) in [6, 6.07) is 25.0. The molecule has 1 aliphatic rings. The highest BCUT2D eigenvalue weighted by Gasteiger charge is 2.18. The number of rotatable bonds is 6. The van der Waals surface area contributed by atoms with Crippen LogP contribution in [0.15, 0.2) is 90.0 Å². The van der Waals surface area contributed by atoms with E-state index in [2.05, 4.69) is 50.8 Å². The lowest BCUT2D eigenvalue weighted by Crippen LogP contribution is -2.28. The second-order valence-electron chi connectivity index (χ2n) is 9.15. The first-order valence-electron chi connectivity index (χ1n) is 11.9. The van der Waals surface area contributed by atoms with Gasteiger partial charge in [0.1, 0.15) is 4.90 Å². The van der Waals surface area contributed by atoms with Crippen LogP contribution in [-0.2, 0) is 16.6 Å². The van der Waals surface area contributed by atoms with Crippen molar-refractivity contribution in [2.45, 2.75) is 17.9 Å². The first-order valence-corrected chi connectivity index (χ1v) is 13.4. The van der Waals surface area contributed by atoms with Gasteiger partial charge in [0.25, 0.3) is 10.0 Å². The number of hydrogen-bond donors (Lipinski definition) is 1. The highest BCUT2D eigenvalue weighted by atomic mass is 32.2. The molecule has 0 atom stereocenters. The average Bonchev–Trinajstić information content (AvgIpc) is 3.08. The summed E-state index contributed by atoms with van der Waals surface area (Å²) in [5.41, 5.74) is 4.46. The molecule has 0 unspecified atom stereocenters. The second kappa shape index (κ2) is 10.2. The second-order valence-corrected chi connectivity index (χ2v) is 10.8. The molecule has 7 heteroatoms. The fraction of sp³-hybridized carbons (Fsp3) is 0.250. The number of hydrogen-bond acceptors (Lipinski definition) is 5. The summed E-state index contributed by atoms with van der Waals surface area (Å²) in [7, 11) is -1.58. The van der Waals surface area contributed by atoms with Crippen LogP contribution in [-0.4, -0.2) is 56.4 Å². The summed E-state index contributed by atoms with van der Waals surface area (Å²) in [4.78, 5) is 9.36. The summed E-state index contributed by atoms with van der Waals surface area (Å²) >= 11 is 0. The van der Waals surface area contributed by atoms with Crippen LogP contribution in [0.2, 0.25) is 0 Å². The lowest BCUT2D eigenvalue weighted by molar-refractivity contribution is 0.269. The zero-order valence-corrected chi connectivity index (χ0v) is 20.7. The Morgan fingerprint density at radius 3 is 2.51 bits per heavy atom. The number of likely N-dealkylation sites (N-methyl/N-ethyl adjacent to an activating group) is 1. The third-order valence-electron chi connectivity index (χ3n) is 6.50. The number of benzene rings is 3. The lowest BCUT2D eigenvalue weighted by atomic mass is 10.0. The van der Waals surface area contributed by atoms with Gasteiger partial charge in [0.2, 0.25) is 0 Å². The minimum atomic E-state index is -3.77. The third kappa shape index (κ3) is 5.53. The van der Waals surface area contributed by atoms with E-state index >= 15 is 0 Å². The SMILES string of the molecule is CN1CCCN(Cc2cccc(-c3ccc(NS(=O)(=O)c4cccc5cccnc45)cc3)c2)CC1. The number of aromatic nitrogens is 1. The molecule has 1 aromatic heterocycles. The van der Waals surface area contributed by atoms with Gasteiger partial charge in [-0.25, -0.2) is 8.42 Å². The summed E-state index contributed by atoms with van der Waals surface area (Å²) in [6.45, 7) is 5.41. The minimum absolute atomic E-state index is 0.173. The zero-order valence-electron chi connectivity index (χ0n) is 19.9. The monoisotopic (exact) mass is 486 g/mol. The van der Waals surface area contributed by atoms with Gasteiger partial charge in [-0.05, 0) is 73.6 Å². The van der Waals surface area contributed by atoms with Crippen molar-refractivity contribution >= 4 is 26.6 Å². The molecule has 35 heavy (non-hydrogen) atoms. The molecule has 1 fully saturated rings. The van der Waals surface area contributed by atoms with Gasteiger partial charge in [-0.2, -0.15) is 0 Å². The number of para-hydroxylation sites is 1. The summed E-state index contributed by atoms with van der Waals surface area (Å²) in [6.07, 6.45) is 2.80. The van der Waals surface area contributed by atoms with Gasteiger partial charge in [0.15, 0.2) is 0 Å². The number of pyridine rings is 1. The van der Waals surface area contributed by atoms with E-state index in [0.29, 0.717) is 11.2 Å². The van der Waals surface area contributed by atoms with Crippen LogP contribution >= 0.6 is 0 Å². The first kappa shape index (κ1) is 23.5. The third-order valence-corrected chi connectivity index (χ3v) is 7.91. The predicted molar refractivity (Wildman–Crippen MR) is 142 cm³/mol. The largest absolute Gasteiger partial charge is 0.305 e. The van der Waals surface area contributed by atoms with E-state index < -0.39 is 10.0 Å². The molecule has 0 amide bonds. The van der Waals surface area contributed by atoms with Gasteiger partial charge >= 0.3 is 0 Å². The van der Waals surface area contributed by atoms with Crippen molar-refractivity contribution in [2.24, 2.45) is 0 Å². The van der Waals surface area contributed by atoms with Crippen molar-refractivity contribution in [1.29, 1.82) is 0 Å². The molecule has 0 saturated carbocycles. The molecule has 0 spiro atoms. The maximum absolute atomic E-state index is 13.1. The van der Waals surface area contributed by atoms with E-state index in [1.165, 1.54) is 12.0 Å². The first-order chi connectivity index (χ1) is 17.0. The molecule has 3 aromatic carbocycles. The predicted octanol–water partition coefficient (Wildman–Crippen LogP) is 4.84. The molecule has 0 bridgehead atoms. The Hall–Kier alpha value is -3.26. The minimum Gasteiger partial charge on any atom is -0.305 e. The van der Waals surface area contributed by atoms with Gasteiger partial charge in [-0.1, -0.05) is 48.5 Å². The highest BCUT2D eigenvalue weighted by molar-refractivity contribution is 7.93. The standard InChI is InChI=1S/C28H30N4O2S/c1-31-16-5-17-32(19-18-31)21-22-6-2-8-25(20-22)23-11-13-26(14-12-23)30-35(33,34)27-10-3-7-24-9-4-15-29-28(24)27/h2-4,6-15,20,30H,5,16-19,21H2,1H3. The number of sulfonamides is 1. The molecule has 0 aliphatic carbocycles. The van der Waals surface area contributed by atoms with Crippen LogP contribution in [0.1, 0.15) is 12.0 Å². The van der Waals surface area contributed by atoms with Crippen molar-refractivity contribution < 1.29 is 8.42 Å². The lowest BCUT2D eigenvalue weighted by Gasteiger charge is -2.20. The Morgan fingerprint density at radius 1 is 0.857 bits per heavy atom. The fourth-order valence-electron chi connectivity index (χ4n) is 4.60. The van der Waals surface area contributed by atoms with Crippen LogP contribution in [0.3, 0.4) is 0 Å². The molecular formula is C28H30N4O2S. The quantitative estimate of drug-likeness (QED) is 0.423. The zero-order chi connectivity index (χ0) is 24.3. The molecule has 1 aliphatic heterocycles. The maximum atomic E-state index is 13.1. The van der Waals surface area contributed by atoms with Crippen molar-refractivity contribution in [1.82, 2.24) is 14.8 Å². The summed E-state index contributed by atoms with van der Waals surface area (Å²) in [5.74, 6) is 0. The summed E-state index contributed by atoms with van der Waals surface area (Å²) in [5, 5.41) is 0.790. The van der Waals surface area contributed by atoms with Crippen LogP contribution in [0.4, 0.5) is 5.69 Å². The number of anilines is 1. The Labute approximate surface area is 207 Å². The fourth-order valence-corrected chi connectivity index (χ4v) is 5.84. The average molecular weight is 487 g/mol. The van der Waals surface area contributed by atoms with Crippen LogP contribution in [0, 0.1) is 0 Å². The van der Waals surface area contributed by atoms with E-state index in [1.807, 2.05) is 36.4 Å². The number of nitrogens with zero attached hydrogens (tertiary/aromatic N) is 3. The van der Waals surface area contributed by atoms with E-state index in [-0.39, 0.29) is 4.90 Å². The molecule has 6 nitrogen and oxygen atoms in total. The van der Waals surface area contributed by atoms with E-state index in [1.54, 1.807) is 24.4 Å². The summed E-state index contributed by atoms with van der Waals surface area (Å²) < 4.78 is 28.9. The van der Waals surface area contributed by atoms with E-state index in [4.69, 9.17) is 0 Å². The normalized spacial score (nSPS) is 15.7. The molecule has 4 aromatic rings. The topological polar surface area (TPSA) is 65.5 Å². The van der Waals surface area contributed by atoms with Gasteiger partial charge in [-0.15, -0.1) is 0 Å². The number of fused-ring (bicyclic) bond motifs is 1. The van der Waals surface area contributed by atoms with Crippen molar-refractivity contribution in [3.63, 3.8) is 0 Å². The Kier molecular flexibility index (Phi) is 6.81. The van der Waals surface area contributed by atoms with Crippen molar-refractivity contribution in [2.75, 3.05) is 37.9 Å². The van der Waals surface area contributed by atoms with Crippen LogP contribution in [0.25, 0.3) is 22.0 Å². The molecular weight excluding hydrogens is 456 g/mol. The van der Waals surface area contributed by atoms with Crippen LogP contribution < -0.4 is 4.72 Å². The molecule has 1 saturated heterocycles. The van der Waals surface area contributed by atoms with Gasteiger partial charge in [0, 0.05) is 36.9 Å². The highest BCUT2D eigenvalue weighted by Crippen LogP contribution is 2.26. The molecule has 0 radical (unpaired) electrons. The molecule has 2 heterocycles. The Bertz CT molecular complexity index is 1420. The number of nitrogens with one attached hydrogen (secondary N) is 1. The van der Waals surface area contributed by atoms with Crippen molar-refractivity contribution in [3.05, 3.63) is 90.6 Å². The Morgan fingerprint density at radius 2 is 1.66 bits per heavy atom. The maximum Gasteiger partial charge on any atom is 0.264 e. The smallest absolute Gasteiger partial charge is 0.264 e. The van der Waals surface area contributed by atoms with E-state index in [9.17, 15) is 8.42 Å². The van der Waals surface area contributed by atoms with Crippen molar-refractivity contribution in [3.8, 4) is 11.1 Å².